The number of halogens is 3. The van der Waals surface area contributed by atoms with Gasteiger partial charge in [-0.25, -0.2) is 13.2 Å². The molecule has 1 amide bonds. The number of hydrogen-bond donors (Lipinski definition) is 1. The summed E-state index contributed by atoms with van der Waals surface area (Å²) in [6.07, 6.45) is 2.57. The van der Waals surface area contributed by atoms with Crippen LogP contribution in [0.15, 0.2) is 78.5 Å². The molecule has 3 aromatic rings. The zero-order valence-electron chi connectivity index (χ0n) is 19.4. The van der Waals surface area contributed by atoms with Gasteiger partial charge in [-0.3, -0.25) is 15.1 Å². The van der Waals surface area contributed by atoms with Crippen LogP contribution < -0.4 is 5.48 Å². The van der Waals surface area contributed by atoms with E-state index in [4.69, 9.17) is 10.1 Å². The third-order valence-electron chi connectivity index (χ3n) is 6.08. The average Bonchev–Trinajstić information content (AvgIpc) is 2.90. The van der Waals surface area contributed by atoms with Crippen molar-refractivity contribution in [1.82, 2.24) is 10.4 Å². The number of carbonyl (C=O) groups is 1. The van der Waals surface area contributed by atoms with Crippen LogP contribution in [-0.2, 0) is 16.2 Å². The van der Waals surface area contributed by atoms with E-state index in [-0.39, 0.29) is 42.1 Å². The number of rotatable bonds is 8. The van der Waals surface area contributed by atoms with E-state index in [1.54, 1.807) is 41.3 Å². The molecule has 5 nitrogen and oxygen atoms in total. The predicted octanol–water partition coefficient (Wildman–Crippen LogP) is 5.34. The van der Waals surface area contributed by atoms with E-state index in [0.717, 1.165) is 16.8 Å². The number of carbonyl (C=O) groups excluding carboxylic acids is 1. The summed E-state index contributed by atoms with van der Waals surface area (Å²) in [5.74, 6) is -1.71. The molecule has 0 atom stereocenters. The van der Waals surface area contributed by atoms with Crippen molar-refractivity contribution in [2.45, 2.75) is 25.4 Å². The van der Waals surface area contributed by atoms with E-state index in [0.29, 0.717) is 25.1 Å². The minimum Gasteiger partial charge on any atom is -0.338 e. The normalized spacial score (nSPS) is 13.3. The Morgan fingerprint density at radius 2 is 1.64 bits per heavy atom. The van der Waals surface area contributed by atoms with Gasteiger partial charge < -0.3 is 4.90 Å². The zero-order valence-corrected chi connectivity index (χ0v) is 19.4. The van der Waals surface area contributed by atoms with Gasteiger partial charge in [0.1, 0.15) is 23.5 Å². The fourth-order valence-corrected chi connectivity index (χ4v) is 4.07. The van der Waals surface area contributed by atoms with Crippen LogP contribution in [-0.4, -0.2) is 23.9 Å². The van der Waals surface area contributed by atoms with Gasteiger partial charge in [0.2, 0.25) is 5.91 Å². The molecule has 1 heterocycles. The average molecular weight is 492 g/mol. The van der Waals surface area contributed by atoms with Gasteiger partial charge in [-0.05, 0) is 59.2 Å². The minimum atomic E-state index is -0.574. The highest BCUT2D eigenvalue weighted by molar-refractivity contribution is 5.78. The first kappa shape index (κ1) is 25.0. The summed E-state index contributed by atoms with van der Waals surface area (Å²) in [7, 11) is 0. The SMILES string of the molecule is N#Cc1cc(CONC2=CCN(C(=O)CC(c3ccc(F)cc3)c3ccc(F)cc3)CC2)ccc1F. The van der Waals surface area contributed by atoms with Crippen LogP contribution in [0.25, 0.3) is 0 Å². The molecule has 0 fully saturated rings. The summed E-state index contributed by atoms with van der Waals surface area (Å²) in [6.45, 7) is 1.01. The van der Waals surface area contributed by atoms with Crippen LogP contribution in [0.5, 0.6) is 0 Å². The Bertz CT molecular complexity index is 1240. The summed E-state index contributed by atoms with van der Waals surface area (Å²) in [6, 6.07) is 18.0. The molecule has 0 aromatic heterocycles. The molecular formula is C28H24F3N3O2. The highest BCUT2D eigenvalue weighted by Gasteiger charge is 2.24. The number of nitriles is 1. The Hall–Kier alpha value is -4.09. The molecule has 1 aliphatic heterocycles. The molecule has 0 radical (unpaired) electrons. The van der Waals surface area contributed by atoms with E-state index in [1.807, 2.05) is 6.08 Å². The molecule has 3 aromatic carbocycles. The second kappa shape index (κ2) is 11.6. The quantitative estimate of drug-likeness (QED) is 0.433. The van der Waals surface area contributed by atoms with Crippen molar-refractivity contribution in [3.8, 4) is 6.07 Å². The van der Waals surface area contributed by atoms with E-state index in [9.17, 15) is 18.0 Å². The summed E-state index contributed by atoms with van der Waals surface area (Å²) in [4.78, 5) is 20.3. The molecule has 36 heavy (non-hydrogen) atoms. The molecule has 184 valence electrons. The van der Waals surface area contributed by atoms with E-state index < -0.39 is 5.82 Å². The van der Waals surface area contributed by atoms with Crippen molar-refractivity contribution in [3.05, 3.63) is 118 Å². The van der Waals surface area contributed by atoms with Crippen LogP contribution in [0.4, 0.5) is 13.2 Å². The fourth-order valence-electron chi connectivity index (χ4n) is 4.07. The topological polar surface area (TPSA) is 65.4 Å². The van der Waals surface area contributed by atoms with Crippen LogP contribution >= 0.6 is 0 Å². The number of hydrogen-bond acceptors (Lipinski definition) is 4. The lowest BCUT2D eigenvalue weighted by atomic mass is 9.88. The summed E-state index contributed by atoms with van der Waals surface area (Å²) >= 11 is 0. The van der Waals surface area contributed by atoms with Crippen molar-refractivity contribution in [2.24, 2.45) is 0 Å². The van der Waals surface area contributed by atoms with Gasteiger partial charge in [0.25, 0.3) is 0 Å². The Kier molecular flexibility index (Phi) is 8.03. The molecule has 0 saturated carbocycles. The molecule has 1 aliphatic rings. The van der Waals surface area contributed by atoms with Gasteiger partial charge >= 0.3 is 0 Å². The zero-order chi connectivity index (χ0) is 25.5. The first-order valence-corrected chi connectivity index (χ1v) is 11.5. The second-order valence-electron chi connectivity index (χ2n) is 8.50. The van der Waals surface area contributed by atoms with Crippen LogP contribution in [0, 0.1) is 28.8 Å². The van der Waals surface area contributed by atoms with Crippen molar-refractivity contribution in [1.29, 1.82) is 5.26 Å². The summed E-state index contributed by atoms with van der Waals surface area (Å²) in [5.41, 5.74) is 5.84. The van der Waals surface area contributed by atoms with Crippen LogP contribution in [0.1, 0.15) is 41.0 Å². The fraction of sp³-hybridized carbons (Fsp3) is 0.214. The van der Waals surface area contributed by atoms with E-state index >= 15 is 0 Å². The van der Waals surface area contributed by atoms with Crippen LogP contribution in [0.3, 0.4) is 0 Å². The number of benzene rings is 3. The number of nitrogens with one attached hydrogen (secondary N) is 1. The van der Waals surface area contributed by atoms with Gasteiger partial charge in [0, 0.05) is 37.5 Å². The third-order valence-corrected chi connectivity index (χ3v) is 6.08. The summed E-state index contributed by atoms with van der Waals surface area (Å²) < 4.78 is 40.3. The molecule has 1 N–H and O–H groups in total. The maximum absolute atomic E-state index is 13.5. The van der Waals surface area contributed by atoms with Crippen molar-refractivity contribution in [2.75, 3.05) is 13.1 Å². The molecule has 0 spiro atoms. The molecular weight excluding hydrogens is 467 g/mol. The first-order valence-electron chi connectivity index (χ1n) is 11.5. The van der Waals surface area contributed by atoms with E-state index in [2.05, 4.69) is 5.48 Å². The number of amides is 1. The van der Waals surface area contributed by atoms with Gasteiger partial charge in [-0.2, -0.15) is 5.26 Å². The number of nitrogens with zero attached hydrogens (tertiary/aromatic N) is 2. The monoisotopic (exact) mass is 491 g/mol. The summed E-state index contributed by atoms with van der Waals surface area (Å²) in [5, 5.41) is 8.93. The standard InChI is InChI=1S/C28H24F3N3O2/c29-23-6-2-20(3-7-23)26(21-4-8-24(30)9-5-21)16-28(35)34-13-11-25(12-14-34)33-36-18-19-1-10-27(31)22(15-19)17-32/h1-11,15,26,33H,12-14,16,18H2. The molecule has 8 heteroatoms. The van der Waals surface area contributed by atoms with Crippen molar-refractivity contribution in [3.63, 3.8) is 0 Å². The minimum absolute atomic E-state index is 0.0401. The molecule has 0 saturated heterocycles. The lowest BCUT2D eigenvalue weighted by Gasteiger charge is -2.28. The van der Waals surface area contributed by atoms with Gasteiger partial charge in [0.05, 0.1) is 12.2 Å². The predicted molar refractivity (Wildman–Crippen MR) is 128 cm³/mol. The molecule has 4 rings (SSSR count). The van der Waals surface area contributed by atoms with Gasteiger partial charge in [-0.1, -0.05) is 30.3 Å². The maximum Gasteiger partial charge on any atom is 0.223 e. The second-order valence-corrected chi connectivity index (χ2v) is 8.50. The highest BCUT2D eigenvalue weighted by atomic mass is 19.1. The lowest BCUT2D eigenvalue weighted by Crippen LogP contribution is -2.37. The first-order chi connectivity index (χ1) is 17.4. The van der Waals surface area contributed by atoms with Crippen LogP contribution in [0.2, 0.25) is 0 Å². The van der Waals surface area contributed by atoms with Gasteiger partial charge in [0.15, 0.2) is 0 Å². The number of hydroxylamine groups is 1. The Morgan fingerprint density at radius 3 is 2.19 bits per heavy atom. The van der Waals surface area contributed by atoms with Gasteiger partial charge in [-0.15, -0.1) is 0 Å². The highest BCUT2D eigenvalue weighted by Crippen LogP contribution is 2.29. The smallest absolute Gasteiger partial charge is 0.223 e. The molecule has 0 unspecified atom stereocenters. The van der Waals surface area contributed by atoms with Crippen molar-refractivity contribution < 1.29 is 22.8 Å². The Balaban J connectivity index is 1.35. The largest absolute Gasteiger partial charge is 0.338 e. The molecule has 0 bridgehead atoms. The Labute approximate surface area is 207 Å². The van der Waals surface area contributed by atoms with Crippen molar-refractivity contribution >= 4 is 5.91 Å². The Morgan fingerprint density at radius 1 is 1.00 bits per heavy atom. The molecule has 0 aliphatic carbocycles. The lowest BCUT2D eigenvalue weighted by molar-refractivity contribution is -0.131. The third kappa shape index (κ3) is 6.32. The maximum atomic E-state index is 13.5. The van der Waals surface area contributed by atoms with E-state index in [1.165, 1.54) is 36.4 Å².